The number of rotatable bonds is 8. The zero-order chi connectivity index (χ0) is 27.6. The lowest BCUT2D eigenvalue weighted by Gasteiger charge is -2.29. The average molecular weight is 555 g/mol. The Labute approximate surface area is 237 Å². The lowest BCUT2D eigenvalue weighted by Crippen LogP contribution is -2.37. The number of hydrogen-bond acceptors (Lipinski definition) is 6. The normalized spacial score (nSPS) is 20.1. The molecule has 202 valence electrons. The molecule has 0 aromatic heterocycles. The monoisotopic (exact) mass is 554 g/mol. The van der Waals surface area contributed by atoms with E-state index in [2.05, 4.69) is 0 Å². The van der Waals surface area contributed by atoms with Crippen molar-refractivity contribution in [3.63, 3.8) is 0 Å². The Morgan fingerprint density at radius 1 is 0.775 bits per heavy atom. The molecular formula is C32H27ClN2O5. The van der Waals surface area contributed by atoms with Gasteiger partial charge < -0.3 is 9.47 Å². The molecule has 2 amide bonds. The zero-order valence-electron chi connectivity index (χ0n) is 21.8. The molecule has 2 aliphatic rings. The minimum absolute atomic E-state index is 0.344. The van der Waals surface area contributed by atoms with Gasteiger partial charge in [0.05, 0.1) is 24.0 Å². The van der Waals surface area contributed by atoms with E-state index in [0.29, 0.717) is 35.4 Å². The van der Waals surface area contributed by atoms with Crippen LogP contribution in [0.2, 0.25) is 5.02 Å². The Morgan fingerprint density at radius 2 is 1.50 bits per heavy atom. The predicted octanol–water partition coefficient (Wildman–Crippen LogP) is 6.37. The first-order valence-electron chi connectivity index (χ1n) is 13.1. The van der Waals surface area contributed by atoms with Crippen molar-refractivity contribution in [3.8, 4) is 11.5 Å². The third kappa shape index (κ3) is 4.78. The smallest absolute Gasteiger partial charge is 0.266 e. The molecular weight excluding hydrogens is 528 g/mol. The number of imide groups is 1. The maximum absolute atomic E-state index is 13.9. The fraction of sp³-hybridized carbons (Fsp3) is 0.188. The number of benzene rings is 4. The highest BCUT2D eigenvalue weighted by Gasteiger charge is 2.60. The van der Waals surface area contributed by atoms with Crippen LogP contribution in [0.4, 0.5) is 11.4 Å². The standard InChI is InChI=1S/C32H27ClN2O5/c1-2-38-27-18-22(16-17-26(27)39-20-21-10-5-3-6-11-21)29-28-30(40-35(29)24-13-7-4-8-14-24)32(37)34(31(28)36)25-15-9-12-23(33)19-25/h3-19,28-30H,2,20H2,1H3/t28-,29+,30+/m0/s1. The van der Waals surface area contributed by atoms with Crippen molar-refractivity contribution in [2.45, 2.75) is 25.7 Å². The van der Waals surface area contributed by atoms with Crippen LogP contribution in [-0.4, -0.2) is 24.5 Å². The fourth-order valence-electron chi connectivity index (χ4n) is 5.25. The Hall–Kier alpha value is -4.33. The van der Waals surface area contributed by atoms with E-state index >= 15 is 0 Å². The predicted molar refractivity (Wildman–Crippen MR) is 152 cm³/mol. The van der Waals surface area contributed by atoms with Crippen LogP contribution in [0.3, 0.4) is 0 Å². The maximum Gasteiger partial charge on any atom is 0.266 e. The SMILES string of the molecule is CCOc1cc([C@@H]2[C@@H]3C(=O)N(c4cccc(Cl)c4)C(=O)[C@@H]3ON2c2ccccc2)ccc1OCc1ccccc1. The van der Waals surface area contributed by atoms with Gasteiger partial charge in [-0.1, -0.05) is 72.3 Å². The Morgan fingerprint density at radius 3 is 2.23 bits per heavy atom. The van der Waals surface area contributed by atoms with Gasteiger partial charge in [-0.3, -0.25) is 14.4 Å². The third-order valence-corrected chi connectivity index (χ3v) is 7.27. The number of hydrogen-bond donors (Lipinski definition) is 0. The van der Waals surface area contributed by atoms with E-state index < -0.39 is 24.0 Å². The Balaban J connectivity index is 1.38. The highest BCUT2D eigenvalue weighted by molar-refractivity contribution is 6.31. The van der Waals surface area contributed by atoms with E-state index in [1.165, 1.54) is 4.90 Å². The molecule has 7 nitrogen and oxygen atoms in total. The zero-order valence-corrected chi connectivity index (χ0v) is 22.5. The number of ether oxygens (including phenoxy) is 2. The number of fused-ring (bicyclic) bond motifs is 1. The van der Waals surface area contributed by atoms with Crippen molar-refractivity contribution in [3.05, 3.63) is 119 Å². The molecule has 6 rings (SSSR count). The van der Waals surface area contributed by atoms with Crippen LogP contribution in [0.25, 0.3) is 0 Å². The summed E-state index contributed by atoms with van der Waals surface area (Å²) in [4.78, 5) is 34.9. The quantitative estimate of drug-likeness (QED) is 0.236. The van der Waals surface area contributed by atoms with Gasteiger partial charge in [0.15, 0.2) is 17.6 Å². The molecule has 4 aromatic rings. The number of halogens is 1. The van der Waals surface area contributed by atoms with Gasteiger partial charge in [0, 0.05) is 5.02 Å². The van der Waals surface area contributed by atoms with Gasteiger partial charge in [-0.05, 0) is 60.5 Å². The molecule has 0 radical (unpaired) electrons. The largest absolute Gasteiger partial charge is 0.490 e. The average Bonchev–Trinajstić information content (AvgIpc) is 3.49. The second-order valence-corrected chi connectivity index (χ2v) is 10.00. The number of carbonyl (C=O) groups excluding carboxylic acids is 2. The molecule has 4 aromatic carbocycles. The lowest BCUT2D eigenvalue weighted by molar-refractivity contribution is -0.126. The summed E-state index contributed by atoms with van der Waals surface area (Å²) >= 11 is 6.18. The fourth-order valence-corrected chi connectivity index (χ4v) is 5.44. The van der Waals surface area contributed by atoms with E-state index in [1.54, 1.807) is 29.3 Å². The molecule has 8 heteroatoms. The van der Waals surface area contributed by atoms with Gasteiger partial charge in [-0.2, -0.15) is 0 Å². The highest BCUT2D eigenvalue weighted by Crippen LogP contribution is 2.49. The van der Waals surface area contributed by atoms with Crippen molar-refractivity contribution < 1.29 is 23.9 Å². The van der Waals surface area contributed by atoms with E-state index in [-0.39, 0.29) is 5.91 Å². The first-order chi connectivity index (χ1) is 19.5. The van der Waals surface area contributed by atoms with Crippen LogP contribution in [0.15, 0.2) is 103 Å². The van der Waals surface area contributed by atoms with Crippen LogP contribution >= 0.6 is 11.6 Å². The highest BCUT2D eigenvalue weighted by atomic mass is 35.5. The van der Waals surface area contributed by atoms with Gasteiger partial charge in [0.2, 0.25) is 5.91 Å². The van der Waals surface area contributed by atoms with Crippen LogP contribution in [0, 0.1) is 5.92 Å². The molecule has 0 spiro atoms. The number of hydroxylamine groups is 1. The van der Waals surface area contributed by atoms with Crippen molar-refractivity contribution in [2.75, 3.05) is 16.6 Å². The molecule has 40 heavy (non-hydrogen) atoms. The molecule has 2 saturated heterocycles. The minimum atomic E-state index is -0.985. The summed E-state index contributed by atoms with van der Waals surface area (Å²) in [7, 11) is 0. The van der Waals surface area contributed by atoms with Crippen LogP contribution in [0.5, 0.6) is 11.5 Å². The summed E-state index contributed by atoms with van der Waals surface area (Å²) in [5.74, 6) is -0.407. The van der Waals surface area contributed by atoms with Crippen LogP contribution in [0.1, 0.15) is 24.1 Å². The number of nitrogens with zero attached hydrogens (tertiary/aromatic N) is 2. The lowest BCUT2D eigenvalue weighted by atomic mass is 9.90. The summed E-state index contributed by atoms with van der Waals surface area (Å²) in [5.41, 5.74) is 2.96. The Kier molecular flexibility index (Phi) is 7.15. The topological polar surface area (TPSA) is 68.3 Å². The van der Waals surface area contributed by atoms with Crippen molar-refractivity contribution in [1.82, 2.24) is 0 Å². The van der Waals surface area contributed by atoms with Gasteiger partial charge in [0.25, 0.3) is 5.91 Å². The molecule has 0 N–H and O–H groups in total. The van der Waals surface area contributed by atoms with E-state index in [1.807, 2.05) is 85.8 Å². The number of carbonyl (C=O) groups is 2. The van der Waals surface area contributed by atoms with Crippen molar-refractivity contribution >= 4 is 34.8 Å². The summed E-state index contributed by atoms with van der Waals surface area (Å²) in [6, 6.07) is 31.1. The molecule has 2 heterocycles. The first kappa shape index (κ1) is 25.9. The second-order valence-electron chi connectivity index (χ2n) is 9.56. The summed E-state index contributed by atoms with van der Waals surface area (Å²) in [5, 5.41) is 2.10. The Bertz CT molecular complexity index is 1530. The summed E-state index contributed by atoms with van der Waals surface area (Å²) < 4.78 is 12.1. The number of para-hydroxylation sites is 1. The first-order valence-corrected chi connectivity index (χ1v) is 13.5. The second kappa shape index (κ2) is 11.0. The van der Waals surface area contributed by atoms with Crippen molar-refractivity contribution in [2.24, 2.45) is 5.92 Å². The van der Waals surface area contributed by atoms with E-state index in [9.17, 15) is 9.59 Å². The van der Waals surface area contributed by atoms with Crippen LogP contribution in [-0.2, 0) is 21.0 Å². The van der Waals surface area contributed by atoms with Crippen molar-refractivity contribution in [1.29, 1.82) is 0 Å². The van der Waals surface area contributed by atoms with E-state index in [0.717, 1.165) is 16.8 Å². The molecule has 2 fully saturated rings. The van der Waals surface area contributed by atoms with Gasteiger partial charge in [-0.15, -0.1) is 0 Å². The summed E-state index contributed by atoms with van der Waals surface area (Å²) in [6.45, 7) is 2.72. The number of anilines is 2. The number of amides is 2. The molecule has 0 saturated carbocycles. The van der Waals surface area contributed by atoms with Crippen LogP contribution < -0.4 is 19.4 Å². The van der Waals surface area contributed by atoms with Gasteiger partial charge >= 0.3 is 0 Å². The molecule has 3 atom stereocenters. The molecule has 0 unspecified atom stereocenters. The minimum Gasteiger partial charge on any atom is -0.490 e. The molecule has 0 bridgehead atoms. The third-order valence-electron chi connectivity index (χ3n) is 7.04. The van der Waals surface area contributed by atoms with Gasteiger partial charge in [0.1, 0.15) is 12.5 Å². The van der Waals surface area contributed by atoms with E-state index in [4.69, 9.17) is 25.9 Å². The van der Waals surface area contributed by atoms with Gasteiger partial charge in [-0.25, -0.2) is 9.96 Å². The molecule has 0 aliphatic carbocycles. The molecule has 2 aliphatic heterocycles. The summed E-state index contributed by atoms with van der Waals surface area (Å²) in [6.07, 6.45) is -0.985. The maximum atomic E-state index is 13.9.